The van der Waals surface area contributed by atoms with Gasteiger partial charge in [0.05, 0.1) is 0 Å². The number of hydrogen-bond acceptors (Lipinski definition) is 5. The monoisotopic (exact) mass is 487 g/mol. The van der Waals surface area contributed by atoms with E-state index in [4.69, 9.17) is 45.0 Å². The Morgan fingerprint density at radius 2 is 1.00 bits per heavy atom. The van der Waals surface area contributed by atoms with Crippen molar-refractivity contribution in [1.82, 2.24) is 0 Å². The summed E-state index contributed by atoms with van der Waals surface area (Å²) in [6.07, 6.45) is 0. The molecule has 140 valence electrons. The Kier molecular flexibility index (Phi) is 6.12. The van der Waals surface area contributed by atoms with E-state index in [9.17, 15) is 0 Å². The first kappa shape index (κ1) is 20.6. The van der Waals surface area contributed by atoms with Crippen LogP contribution in [-0.4, -0.2) is 0 Å². The van der Waals surface area contributed by atoms with Crippen molar-refractivity contribution in [2.45, 2.75) is 13.8 Å². The Labute approximate surface area is 172 Å². The van der Waals surface area contributed by atoms with E-state index in [2.05, 4.69) is 23.7 Å². The van der Waals surface area contributed by atoms with Gasteiger partial charge in [-0.05, 0) is 83.1 Å². The lowest BCUT2D eigenvalue weighted by atomic mass is 10.2. The fourth-order valence-electron chi connectivity index (χ4n) is 2.17. The summed E-state index contributed by atoms with van der Waals surface area (Å²) in [6, 6.07) is 15.4. The Hall–Kier alpha value is -0.110. The highest BCUT2D eigenvalue weighted by Crippen LogP contribution is 2.84. The van der Waals surface area contributed by atoms with Crippen molar-refractivity contribution in [2.75, 3.05) is 10.2 Å². The van der Waals surface area contributed by atoms with E-state index in [1.165, 1.54) is 0 Å². The fraction of sp³-hybridized carbons (Fsp3) is 0.143. The van der Waals surface area contributed by atoms with Crippen LogP contribution in [0.25, 0.3) is 0 Å². The van der Waals surface area contributed by atoms with Crippen LogP contribution < -0.4 is 10.2 Å². The maximum atomic E-state index is 6.68. The van der Waals surface area contributed by atoms with Gasteiger partial charge >= 0.3 is 0 Å². The molecule has 0 bridgehead atoms. The van der Waals surface area contributed by atoms with Gasteiger partial charge in [-0.25, -0.2) is 0 Å². The summed E-state index contributed by atoms with van der Waals surface area (Å²) in [5, 5.41) is 6.27. The number of nitrogens with zero attached hydrogens (tertiary/aromatic N) is 3. The van der Waals surface area contributed by atoms with Crippen LogP contribution >= 0.6 is 64.3 Å². The van der Waals surface area contributed by atoms with E-state index in [0.717, 1.165) is 22.5 Å². The van der Waals surface area contributed by atoms with Gasteiger partial charge in [-0.15, -0.1) is 0 Å². The van der Waals surface area contributed by atoms with Gasteiger partial charge in [-0.2, -0.15) is 13.5 Å². The van der Waals surface area contributed by atoms with Gasteiger partial charge in [-0.3, -0.25) is 0 Å². The zero-order valence-corrected chi connectivity index (χ0v) is 19.5. The number of rotatable bonds is 4. The zero-order valence-electron chi connectivity index (χ0n) is 13.8. The fourth-order valence-corrected chi connectivity index (χ4v) is 18.0. The first-order valence-corrected chi connectivity index (χ1v) is 16.2. The predicted octanol–water partition coefficient (Wildman–Crippen LogP) is 9.63. The van der Waals surface area contributed by atoms with E-state index in [1.807, 2.05) is 62.4 Å². The molecule has 0 amide bonds. The topological polar surface area (TPSA) is 61.1 Å². The maximum absolute atomic E-state index is 6.68. The van der Waals surface area contributed by atoms with Crippen LogP contribution in [0.3, 0.4) is 0 Å². The third-order valence-electron chi connectivity index (χ3n) is 3.34. The second-order valence-corrected chi connectivity index (χ2v) is 17.5. The molecule has 0 aliphatic carbocycles. The molecule has 2 unspecified atom stereocenters. The summed E-state index contributed by atoms with van der Waals surface area (Å²) < 4.78 is 13.1. The lowest BCUT2D eigenvalue weighted by Gasteiger charge is -2.26. The van der Waals surface area contributed by atoms with Crippen LogP contribution in [0, 0.1) is 13.8 Å². The van der Waals surface area contributed by atoms with Crippen molar-refractivity contribution < 1.29 is 0 Å². The Bertz CT molecular complexity index is 930. The first-order chi connectivity index (χ1) is 12.1. The number of nitrogens with one attached hydrogen (secondary N) is 2. The molecule has 2 aromatic carbocycles. The Morgan fingerprint density at radius 1 is 0.615 bits per heavy atom. The third kappa shape index (κ3) is 5.46. The molecule has 12 heteroatoms. The minimum Gasteiger partial charge on any atom is -0.323 e. The van der Waals surface area contributed by atoms with Crippen molar-refractivity contribution in [3.05, 3.63) is 59.7 Å². The van der Waals surface area contributed by atoms with Gasteiger partial charge in [0.15, 0.2) is 0 Å². The third-order valence-corrected chi connectivity index (χ3v) is 15.3. The Balaban J connectivity index is 2.00. The summed E-state index contributed by atoms with van der Waals surface area (Å²) in [4.78, 5) is 0. The first-order valence-electron chi connectivity index (χ1n) is 7.47. The Morgan fingerprint density at radius 3 is 1.42 bits per heavy atom. The average molecular weight is 489 g/mol. The predicted molar refractivity (Wildman–Crippen MR) is 121 cm³/mol. The van der Waals surface area contributed by atoms with E-state index in [1.54, 1.807) is 0 Å². The largest absolute Gasteiger partial charge is 0.323 e. The molecule has 0 radical (unpaired) electrons. The molecular weight excluding hydrogens is 473 g/mol. The van der Waals surface area contributed by atoms with Gasteiger partial charge in [0.25, 0.3) is 19.3 Å². The quantitative estimate of drug-likeness (QED) is 0.420. The van der Waals surface area contributed by atoms with Gasteiger partial charge in [-0.1, -0.05) is 35.4 Å². The molecule has 2 atom stereocenters. The minimum absolute atomic E-state index is 0.764. The van der Waals surface area contributed by atoms with Crippen LogP contribution in [0.5, 0.6) is 0 Å². The molecule has 0 spiro atoms. The average Bonchev–Trinajstić information content (AvgIpc) is 2.49. The highest BCUT2D eigenvalue weighted by molar-refractivity contribution is 8.18. The molecular formula is C14H16Cl4N5P3. The smallest absolute Gasteiger partial charge is 0.262 e. The van der Waals surface area contributed by atoms with Crippen molar-refractivity contribution in [3.8, 4) is 0 Å². The van der Waals surface area contributed by atoms with Crippen LogP contribution in [0.4, 0.5) is 11.4 Å². The highest BCUT2D eigenvalue weighted by atomic mass is 35.9. The minimum atomic E-state index is -3.06. The number of hydrogen-bond donors (Lipinski definition) is 2. The SMILES string of the molecule is Cc1ccc(NP2(Cl)=NP(Cl)(Cl)=NP(Cl)(Nc3ccc(C)cc3)=N2)cc1. The van der Waals surface area contributed by atoms with Crippen molar-refractivity contribution in [1.29, 1.82) is 0 Å². The molecule has 0 fully saturated rings. The van der Waals surface area contributed by atoms with E-state index in [-0.39, 0.29) is 0 Å². The van der Waals surface area contributed by atoms with E-state index < -0.39 is 19.3 Å². The highest BCUT2D eigenvalue weighted by Gasteiger charge is 2.33. The molecule has 0 aromatic heterocycles. The second kappa shape index (κ2) is 7.72. The number of halogens is 4. The molecule has 26 heavy (non-hydrogen) atoms. The summed E-state index contributed by atoms with van der Waals surface area (Å²) in [5.74, 6) is -3.06. The summed E-state index contributed by atoms with van der Waals surface area (Å²) in [6.45, 7) is -1.95. The van der Waals surface area contributed by atoms with Crippen LogP contribution in [0.15, 0.2) is 62.1 Å². The molecule has 5 nitrogen and oxygen atoms in total. The van der Waals surface area contributed by atoms with Crippen LogP contribution in [0.2, 0.25) is 0 Å². The lowest BCUT2D eigenvalue weighted by molar-refractivity contribution is 1.47. The summed E-state index contributed by atoms with van der Waals surface area (Å²) in [7, 11) is 0. The van der Waals surface area contributed by atoms with Crippen molar-refractivity contribution in [2.24, 2.45) is 13.5 Å². The molecule has 2 N–H and O–H groups in total. The standard InChI is InChI=1S/C14H16Cl4N5P3/c1-11-3-7-13(8-4-11)19-25(17)21-24(15,16)22-26(18,23-25)20-14-9-5-12(2)6-10-14/h3-10,19-20H,1-2H3. The van der Waals surface area contributed by atoms with Crippen molar-refractivity contribution in [3.63, 3.8) is 0 Å². The van der Waals surface area contributed by atoms with Crippen LogP contribution in [-0.2, 0) is 0 Å². The molecule has 3 rings (SSSR count). The van der Waals surface area contributed by atoms with Gasteiger partial charge in [0.1, 0.15) is 0 Å². The molecule has 2 aromatic rings. The van der Waals surface area contributed by atoms with Gasteiger partial charge in [0, 0.05) is 11.4 Å². The molecule has 0 saturated heterocycles. The van der Waals surface area contributed by atoms with Gasteiger partial charge in [0.2, 0.25) is 0 Å². The number of benzene rings is 2. The zero-order chi connectivity index (χ0) is 19.0. The maximum Gasteiger partial charge on any atom is 0.262 e. The molecule has 1 heterocycles. The summed E-state index contributed by atoms with van der Waals surface area (Å²) >= 11 is 26.0. The lowest BCUT2D eigenvalue weighted by Crippen LogP contribution is -1.95. The number of aryl methyl sites for hydroxylation is 2. The molecule has 1 aliphatic rings. The molecule has 0 saturated carbocycles. The van der Waals surface area contributed by atoms with E-state index >= 15 is 0 Å². The normalized spacial score (nSPS) is 26.8. The van der Waals surface area contributed by atoms with E-state index in [0.29, 0.717) is 0 Å². The van der Waals surface area contributed by atoms with Crippen molar-refractivity contribution >= 4 is 75.7 Å². The molecule has 1 aliphatic heterocycles. The number of anilines is 2. The summed E-state index contributed by atoms with van der Waals surface area (Å²) in [5.41, 5.74) is 3.78. The second-order valence-electron chi connectivity index (χ2n) is 5.73. The van der Waals surface area contributed by atoms with Gasteiger partial charge < -0.3 is 10.2 Å². The van der Waals surface area contributed by atoms with Crippen LogP contribution in [0.1, 0.15) is 11.1 Å².